The highest BCUT2D eigenvalue weighted by molar-refractivity contribution is 5.80. The fourth-order valence-electron chi connectivity index (χ4n) is 1.36. The summed E-state index contributed by atoms with van der Waals surface area (Å²) in [6.07, 6.45) is -1.21. The average Bonchev–Trinajstić information content (AvgIpc) is 2.27. The molecule has 0 saturated carbocycles. The Morgan fingerprint density at radius 1 is 1.64 bits per heavy atom. The first-order chi connectivity index (χ1) is 6.29. The molecule has 0 aromatic carbocycles. The van der Waals surface area contributed by atoms with Crippen molar-refractivity contribution in [2.75, 3.05) is 6.54 Å². The van der Waals surface area contributed by atoms with Gasteiger partial charge in [-0.25, -0.2) is 4.79 Å². The van der Waals surface area contributed by atoms with Crippen LogP contribution in [0.5, 0.6) is 0 Å². The number of carbonyl (C=O) groups is 2. The summed E-state index contributed by atoms with van der Waals surface area (Å²) in [7, 11) is 0. The van der Waals surface area contributed by atoms with E-state index >= 15 is 0 Å². The molecule has 14 heavy (non-hydrogen) atoms. The third-order valence-electron chi connectivity index (χ3n) is 1.95. The third kappa shape index (κ3) is 2.61. The minimum absolute atomic E-state index is 0.0665. The number of carbonyl (C=O) groups excluding carboxylic acids is 1. The van der Waals surface area contributed by atoms with Gasteiger partial charge in [0.25, 0.3) is 0 Å². The van der Waals surface area contributed by atoms with Crippen LogP contribution in [-0.4, -0.2) is 34.8 Å². The molecule has 0 radical (unpaired) electrons. The van der Waals surface area contributed by atoms with Crippen LogP contribution in [0.15, 0.2) is 0 Å². The average molecular weight is 201 g/mol. The van der Waals surface area contributed by atoms with E-state index in [4.69, 9.17) is 9.84 Å². The van der Waals surface area contributed by atoms with Gasteiger partial charge in [-0.2, -0.15) is 0 Å². The fraction of sp³-hybridized carbons (Fsp3) is 0.778. The molecular weight excluding hydrogens is 186 g/mol. The number of nitrogens with zero attached hydrogens (tertiary/aromatic N) is 1. The van der Waals surface area contributed by atoms with Crippen molar-refractivity contribution in [2.24, 2.45) is 5.41 Å². The summed E-state index contributed by atoms with van der Waals surface area (Å²) in [6.45, 7) is 5.76. The molecule has 1 fully saturated rings. The van der Waals surface area contributed by atoms with E-state index in [1.807, 2.05) is 20.8 Å². The van der Waals surface area contributed by atoms with Crippen LogP contribution < -0.4 is 0 Å². The molecule has 1 aliphatic heterocycles. The van der Waals surface area contributed by atoms with Gasteiger partial charge in [0.1, 0.15) is 6.54 Å². The molecule has 1 atom stereocenters. The lowest BCUT2D eigenvalue weighted by Gasteiger charge is -2.26. The Labute approximate surface area is 82.6 Å². The van der Waals surface area contributed by atoms with Crippen molar-refractivity contribution in [3.05, 3.63) is 0 Å². The number of hydrogen-bond acceptors (Lipinski definition) is 3. The molecule has 1 heterocycles. The Morgan fingerprint density at radius 2 is 2.21 bits per heavy atom. The van der Waals surface area contributed by atoms with E-state index < -0.39 is 18.3 Å². The van der Waals surface area contributed by atoms with Crippen LogP contribution in [-0.2, 0) is 9.53 Å². The second kappa shape index (κ2) is 3.48. The minimum Gasteiger partial charge on any atom is -0.465 e. The van der Waals surface area contributed by atoms with E-state index in [9.17, 15) is 9.59 Å². The largest absolute Gasteiger partial charge is 0.465 e. The van der Waals surface area contributed by atoms with E-state index in [0.29, 0.717) is 6.42 Å². The maximum Gasteiger partial charge on any atom is 0.410 e. The molecule has 5 nitrogen and oxygen atoms in total. The lowest BCUT2D eigenvalue weighted by Crippen LogP contribution is -2.37. The van der Waals surface area contributed by atoms with E-state index in [-0.39, 0.29) is 12.0 Å². The van der Waals surface area contributed by atoms with Crippen molar-refractivity contribution in [1.82, 2.24) is 4.90 Å². The van der Waals surface area contributed by atoms with Crippen LogP contribution in [0.25, 0.3) is 0 Å². The van der Waals surface area contributed by atoms with Crippen LogP contribution in [0, 0.1) is 5.41 Å². The van der Waals surface area contributed by atoms with Crippen molar-refractivity contribution in [1.29, 1.82) is 0 Å². The highest BCUT2D eigenvalue weighted by atomic mass is 16.6. The third-order valence-corrected chi connectivity index (χ3v) is 1.95. The van der Waals surface area contributed by atoms with E-state index in [1.165, 1.54) is 0 Å². The van der Waals surface area contributed by atoms with Gasteiger partial charge < -0.3 is 9.84 Å². The lowest BCUT2D eigenvalue weighted by atomic mass is 9.91. The summed E-state index contributed by atoms with van der Waals surface area (Å²) < 4.78 is 4.92. The number of hydrogen-bond donors (Lipinski definition) is 1. The van der Waals surface area contributed by atoms with Crippen LogP contribution >= 0.6 is 0 Å². The maximum absolute atomic E-state index is 10.9. The SMILES string of the molecule is CC(C)(C)CC1OC(=O)CN1C(=O)O. The second-order valence-corrected chi connectivity index (χ2v) is 4.62. The maximum atomic E-state index is 10.9. The molecule has 0 aliphatic carbocycles. The molecule has 1 rings (SSSR count). The standard InChI is InChI=1S/C9H15NO4/c1-9(2,3)4-6-10(8(12)13)5-7(11)14-6/h6H,4-5H2,1-3H3,(H,12,13). The molecular formula is C9H15NO4. The molecule has 1 aliphatic rings. The Morgan fingerprint density at radius 3 is 2.64 bits per heavy atom. The quantitative estimate of drug-likeness (QED) is 0.649. The second-order valence-electron chi connectivity index (χ2n) is 4.62. The van der Waals surface area contributed by atoms with Gasteiger partial charge in [-0.3, -0.25) is 9.69 Å². The number of amides is 1. The van der Waals surface area contributed by atoms with Crippen LogP contribution in [0.1, 0.15) is 27.2 Å². The minimum atomic E-state index is -1.11. The van der Waals surface area contributed by atoms with E-state index in [2.05, 4.69) is 0 Å². The first kappa shape index (κ1) is 10.8. The Hall–Kier alpha value is -1.26. The van der Waals surface area contributed by atoms with Gasteiger partial charge in [0, 0.05) is 6.42 Å². The van der Waals surface area contributed by atoms with Gasteiger partial charge in [-0.1, -0.05) is 20.8 Å². The Bertz CT molecular complexity index is 256. The van der Waals surface area contributed by atoms with Crippen molar-refractivity contribution in [3.63, 3.8) is 0 Å². The summed E-state index contributed by atoms with van der Waals surface area (Å²) in [5.41, 5.74) is -0.0665. The monoisotopic (exact) mass is 201 g/mol. The van der Waals surface area contributed by atoms with Gasteiger partial charge in [0.05, 0.1) is 0 Å². The molecule has 0 bridgehead atoms. The molecule has 0 aromatic rings. The van der Waals surface area contributed by atoms with E-state index in [0.717, 1.165) is 4.90 Å². The van der Waals surface area contributed by atoms with Crippen molar-refractivity contribution in [3.8, 4) is 0 Å². The molecule has 80 valence electrons. The first-order valence-electron chi connectivity index (χ1n) is 4.49. The summed E-state index contributed by atoms with van der Waals surface area (Å²) in [4.78, 5) is 22.7. The molecule has 1 unspecified atom stereocenters. The molecule has 1 saturated heterocycles. The highest BCUT2D eigenvalue weighted by Gasteiger charge is 2.37. The van der Waals surface area contributed by atoms with Gasteiger partial charge >= 0.3 is 12.1 Å². The summed E-state index contributed by atoms with van der Waals surface area (Å²) in [6, 6.07) is 0. The predicted octanol–water partition coefficient (Wildman–Crippen LogP) is 1.29. The van der Waals surface area contributed by atoms with E-state index in [1.54, 1.807) is 0 Å². The summed E-state index contributed by atoms with van der Waals surface area (Å²) >= 11 is 0. The number of cyclic esters (lactones) is 1. The van der Waals surface area contributed by atoms with Gasteiger partial charge in [0.2, 0.25) is 0 Å². The normalized spacial score (nSPS) is 22.4. The summed E-state index contributed by atoms with van der Waals surface area (Å²) in [5.74, 6) is -0.471. The van der Waals surface area contributed by atoms with Gasteiger partial charge in [0.15, 0.2) is 6.23 Å². The van der Waals surface area contributed by atoms with Gasteiger partial charge in [-0.05, 0) is 5.41 Å². The first-order valence-corrected chi connectivity index (χ1v) is 4.49. The Kier molecular flexibility index (Phi) is 2.69. The van der Waals surface area contributed by atoms with Crippen LogP contribution in [0.4, 0.5) is 4.79 Å². The van der Waals surface area contributed by atoms with Crippen LogP contribution in [0.3, 0.4) is 0 Å². The lowest BCUT2D eigenvalue weighted by molar-refractivity contribution is -0.142. The number of rotatable bonds is 1. The highest BCUT2D eigenvalue weighted by Crippen LogP contribution is 2.26. The number of ether oxygens (including phenoxy) is 1. The zero-order chi connectivity index (χ0) is 10.9. The van der Waals surface area contributed by atoms with Crippen molar-refractivity contribution in [2.45, 2.75) is 33.4 Å². The number of carboxylic acid groups (broad SMARTS) is 1. The van der Waals surface area contributed by atoms with Crippen molar-refractivity contribution >= 4 is 12.1 Å². The molecule has 1 amide bonds. The summed E-state index contributed by atoms with van der Waals surface area (Å²) in [5, 5.41) is 8.79. The molecule has 0 spiro atoms. The number of esters is 1. The van der Waals surface area contributed by atoms with Crippen molar-refractivity contribution < 1.29 is 19.4 Å². The topological polar surface area (TPSA) is 66.8 Å². The predicted molar refractivity (Wildman–Crippen MR) is 48.7 cm³/mol. The fourth-order valence-corrected chi connectivity index (χ4v) is 1.36. The Balaban J connectivity index is 2.67. The molecule has 0 aromatic heterocycles. The zero-order valence-corrected chi connectivity index (χ0v) is 8.61. The zero-order valence-electron chi connectivity index (χ0n) is 8.61. The smallest absolute Gasteiger partial charge is 0.410 e. The van der Waals surface area contributed by atoms with Crippen LogP contribution in [0.2, 0.25) is 0 Å². The molecule has 5 heteroatoms. The molecule has 1 N–H and O–H groups in total. The van der Waals surface area contributed by atoms with Gasteiger partial charge in [-0.15, -0.1) is 0 Å².